The van der Waals surface area contributed by atoms with Crippen LogP contribution in [0.2, 0.25) is 0 Å². The molecule has 2 rings (SSSR count). The van der Waals surface area contributed by atoms with E-state index in [1.165, 1.54) is 0 Å². The predicted octanol–water partition coefficient (Wildman–Crippen LogP) is 1.96. The minimum absolute atomic E-state index is 0.130. The summed E-state index contributed by atoms with van der Waals surface area (Å²) in [5.41, 5.74) is 0.449. The molecular formula is C13H23N3O3S2. The van der Waals surface area contributed by atoms with Gasteiger partial charge < -0.3 is 10.1 Å². The Bertz CT molecular complexity index is 583. The molecule has 1 aliphatic rings. The lowest BCUT2D eigenvalue weighted by Gasteiger charge is -2.34. The van der Waals surface area contributed by atoms with Crippen LogP contribution in [0.25, 0.3) is 0 Å². The van der Waals surface area contributed by atoms with Crippen LogP contribution in [0.5, 0.6) is 0 Å². The molecule has 0 spiro atoms. The molecule has 0 saturated carbocycles. The maximum atomic E-state index is 11.4. The fraction of sp³-hybridized carbons (Fsp3) is 0.769. The number of hydrogen-bond acceptors (Lipinski definition) is 6. The third-order valence-electron chi connectivity index (χ3n) is 3.68. The van der Waals surface area contributed by atoms with Crippen molar-refractivity contribution in [2.24, 2.45) is 17.0 Å². The fourth-order valence-electron chi connectivity index (χ4n) is 2.76. The van der Waals surface area contributed by atoms with Crippen LogP contribution in [0, 0.1) is 18.8 Å². The first-order valence-corrected chi connectivity index (χ1v) is 9.51. The smallest absolute Gasteiger partial charge is 0.249 e. The van der Waals surface area contributed by atoms with E-state index in [1.54, 1.807) is 6.92 Å². The number of anilines is 1. The molecule has 0 bridgehead atoms. The van der Waals surface area contributed by atoms with Crippen molar-refractivity contribution in [3.05, 3.63) is 5.69 Å². The fourth-order valence-corrected chi connectivity index (χ4v) is 4.63. The summed E-state index contributed by atoms with van der Waals surface area (Å²) in [6.07, 6.45) is 2.42. The second kappa shape index (κ2) is 6.60. The van der Waals surface area contributed by atoms with E-state index in [9.17, 15) is 8.42 Å². The highest BCUT2D eigenvalue weighted by atomic mass is 32.2. The molecule has 1 fully saturated rings. The van der Waals surface area contributed by atoms with Crippen LogP contribution in [0.4, 0.5) is 5.13 Å². The number of primary sulfonamides is 1. The van der Waals surface area contributed by atoms with Gasteiger partial charge >= 0.3 is 0 Å². The number of thiazole rings is 1. The molecule has 0 unspecified atom stereocenters. The monoisotopic (exact) mass is 333 g/mol. The highest BCUT2D eigenvalue weighted by Crippen LogP contribution is 2.29. The van der Waals surface area contributed by atoms with Crippen molar-refractivity contribution in [3.63, 3.8) is 0 Å². The standard InChI is InChI=1S/C13H23N3O3S2/c1-8(2)11-10(5-4-6-19-11)7-15-13-16-9(3)12(20-13)21(14,17)18/h8,10-11H,4-7H2,1-3H3,(H,15,16)(H2,14,17,18)/t10-,11+/m0/s1. The zero-order chi connectivity index (χ0) is 15.6. The van der Waals surface area contributed by atoms with Gasteiger partial charge in [-0.1, -0.05) is 25.2 Å². The molecule has 6 nitrogen and oxygen atoms in total. The molecule has 2 atom stereocenters. The van der Waals surface area contributed by atoms with E-state index in [0.29, 0.717) is 22.7 Å². The van der Waals surface area contributed by atoms with Gasteiger partial charge in [0.25, 0.3) is 0 Å². The zero-order valence-electron chi connectivity index (χ0n) is 12.6. The number of nitrogens with two attached hydrogens (primary N) is 1. The van der Waals surface area contributed by atoms with E-state index in [-0.39, 0.29) is 10.3 Å². The van der Waals surface area contributed by atoms with Gasteiger partial charge in [-0.25, -0.2) is 18.5 Å². The largest absolute Gasteiger partial charge is 0.378 e. The molecule has 3 N–H and O–H groups in total. The lowest BCUT2D eigenvalue weighted by molar-refractivity contribution is -0.0480. The average Bonchev–Trinajstić information content (AvgIpc) is 2.78. The number of sulfonamides is 1. The maximum Gasteiger partial charge on any atom is 0.249 e. The Morgan fingerprint density at radius 1 is 1.52 bits per heavy atom. The molecule has 0 radical (unpaired) electrons. The van der Waals surface area contributed by atoms with Crippen molar-refractivity contribution in [3.8, 4) is 0 Å². The third kappa shape index (κ3) is 4.15. The number of nitrogens with zero attached hydrogens (tertiary/aromatic N) is 1. The summed E-state index contributed by atoms with van der Waals surface area (Å²) in [6.45, 7) is 7.54. The minimum Gasteiger partial charge on any atom is -0.378 e. The summed E-state index contributed by atoms with van der Waals surface area (Å²) >= 11 is 1.09. The Morgan fingerprint density at radius 2 is 2.24 bits per heavy atom. The van der Waals surface area contributed by atoms with E-state index < -0.39 is 10.0 Å². The third-order valence-corrected chi connectivity index (χ3v) is 6.35. The molecule has 0 aromatic carbocycles. The summed E-state index contributed by atoms with van der Waals surface area (Å²) < 4.78 is 28.8. The molecule has 1 aromatic heterocycles. The number of aryl methyl sites for hydroxylation is 1. The van der Waals surface area contributed by atoms with Gasteiger partial charge in [-0.2, -0.15) is 0 Å². The van der Waals surface area contributed by atoms with Crippen molar-refractivity contribution < 1.29 is 13.2 Å². The van der Waals surface area contributed by atoms with Gasteiger partial charge in [-0.15, -0.1) is 0 Å². The van der Waals surface area contributed by atoms with Crippen LogP contribution < -0.4 is 10.5 Å². The van der Waals surface area contributed by atoms with E-state index in [0.717, 1.165) is 37.3 Å². The maximum absolute atomic E-state index is 11.4. The van der Waals surface area contributed by atoms with Crippen molar-refractivity contribution in [2.75, 3.05) is 18.5 Å². The quantitative estimate of drug-likeness (QED) is 0.859. The highest BCUT2D eigenvalue weighted by molar-refractivity contribution is 7.91. The lowest BCUT2D eigenvalue weighted by Crippen LogP contribution is -2.37. The van der Waals surface area contributed by atoms with Gasteiger partial charge in [0.2, 0.25) is 10.0 Å². The highest BCUT2D eigenvalue weighted by Gasteiger charge is 2.28. The lowest BCUT2D eigenvalue weighted by atomic mass is 9.87. The number of hydrogen-bond donors (Lipinski definition) is 2. The van der Waals surface area contributed by atoms with Crippen LogP contribution in [-0.2, 0) is 14.8 Å². The Kier molecular flexibility index (Phi) is 5.24. The molecule has 0 amide bonds. The number of ether oxygens (including phenoxy) is 1. The second-order valence-electron chi connectivity index (χ2n) is 5.80. The molecule has 1 saturated heterocycles. The topological polar surface area (TPSA) is 94.3 Å². The van der Waals surface area contributed by atoms with E-state index in [1.807, 2.05) is 0 Å². The van der Waals surface area contributed by atoms with Gasteiger partial charge in [-0.05, 0) is 25.7 Å². The van der Waals surface area contributed by atoms with Crippen LogP contribution in [0.1, 0.15) is 32.4 Å². The van der Waals surface area contributed by atoms with Gasteiger partial charge in [0.15, 0.2) is 9.34 Å². The summed E-state index contributed by atoms with van der Waals surface area (Å²) in [5.74, 6) is 0.885. The summed E-state index contributed by atoms with van der Waals surface area (Å²) in [4.78, 5) is 4.24. The summed E-state index contributed by atoms with van der Waals surface area (Å²) in [5, 5.41) is 9.01. The zero-order valence-corrected chi connectivity index (χ0v) is 14.3. The number of rotatable bonds is 5. The Balaban J connectivity index is 2.02. The van der Waals surface area contributed by atoms with E-state index in [2.05, 4.69) is 24.1 Å². The normalized spacial score (nSPS) is 23.5. The summed E-state index contributed by atoms with van der Waals surface area (Å²) in [6, 6.07) is 0. The molecule has 1 aromatic rings. The Morgan fingerprint density at radius 3 is 2.81 bits per heavy atom. The van der Waals surface area contributed by atoms with Crippen LogP contribution in [0.15, 0.2) is 4.21 Å². The number of aromatic nitrogens is 1. The molecule has 1 aliphatic heterocycles. The van der Waals surface area contributed by atoms with Gasteiger partial charge in [0.05, 0.1) is 11.8 Å². The van der Waals surface area contributed by atoms with Crippen molar-refractivity contribution in [1.82, 2.24) is 4.98 Å². The van der Waals surface area contributed by atoms with E-state index >= 15 is 0 Å². The first-order chi connectivity index (χ1) is 9.79. The van der Waals surface area contributed by atoms with Crippen molar-refractivity contribution in [2.45, 2.75) is 43.9 Å². The molecule has 120 valence electrons. The van der Waals surface area contributed by atoms with Gasteiger partial charge in [0, 0.05) is 19.1 Å². The Hall–Kier alpha value is -0.700. The predicted molar refractivity (Wildman–Crippen MR) is 84.0 cm³/mol. The SMILES string of the molecule is Cc1nc(NC[C@@H]2CCCO[C@@H]2C(C)C)sc1S(N)(=O)=O. The van der Waals surface area contributed by atoms with Gasteiger partial charge in [0.1, 0.15) is 0 Å². The van der Waals surface area contributed by atoms with Gasteiger partial charge in [-0.3, -0.25) is 0 Å². The van der Waals surface area contributed by atoms with Crippen molar-refractivity contribution >= 4 is 26.5 Å². The molecule has 2 heterocycles. The van der Waals surface area contributed by atoms with Crippen LogP contribution in [0.3, 0.4) is 0 Å². The average molecular weight is 333 g/mol. The second-order valence-corrected chi connectivity index (χ2v) is 8.56. The Labute approximate surface area is 130 Å². The van der Waals surface area contributed by atoms with Crippen LogP contribution in [-0.4, -0.2) is 32.7 Å². The van der Waals surface area contributed by atoms with E-state index in [4.69, 9.17) is 9.88 Å². The first-order valence-electron chi connectivity index (χ1n) is 7.14. The summed E-state index contributed by atoms with van der Waals surface area (Å²) in [7, 11) is -3.69. The molecule has 21 heavy (non-hydrogen) atoms. The first kappa shape index (κ1) is 16.7. The molecule has 8 heteroatoms. The molecule has 0 aliphatic carbocycles. The van der Waals surface area contributed by atoms with Crippen molar-refractivity contribution in [1.29, 1.82) is 0 Å². The van der Waals surface area contributed by atoms with Crippen LogP contribution >= 0.6 is 11.3 Å². The number of nitrogens with one attached hydrogen (secondary N) is 1. The minimum atomic E-state index is -3.69. The molecular weight excluding hydrogens is 310 g/mol.